The first-order valence-electron chi connectivity index (χ1n) is 36.1. The fourth-order valence-electron chi connectivity index (χ4n) is 18.0. The number of carbonyl (C=O) groups is 10. The number of rotatable bonds is 25. The highest BCUT2D eigenvalue weighted by Crippen LogP contribution is 2.66. The van der Waals surface area contributed by atoms with E-state index in [1.807, 2.05) is 13.0 Å². The molecule has 0 unspecified atom stereocenters. The number of hydrogen-bond donors (Lipinski definition) is 8. The second kappa shape index (κ2) is 33.0. The van der Waals surface area contributed by atoms with E-state index in [2.05, 4.69) is 5.32 Å². The molecule has 6 aliphatic carbocycles. The van der Waals surface area contributed by atoms with Crippen LogP contribution in [0.3, 0.4) is 0 Å². The minimum Gasteiger partial charge on any atom is -0.550 e. The number of phenols is 1. The van der Waals surface area contributed by atoms with E-state index >= 15 is 14.4 Å². The molecule has 1 amide bonds. The van der Waals surface area contributed by atoms with E-state index in [0.29, 0.717) is 38.9 Å². The first-order chi connectivity index (χ1) is 50.4. The number of Topliss-reactive ketones (excluding diaryl/α,β-unsaturated/α-hetero) is 1. The molecule has 1 saturated heterocycles. The Labute approximate surface area is 613 Å². The lowest BCUT2D eigenvalue weighted by Crippen LogP contribution is -3.13. The summed E-state index contributed by atoms with van der Waals surface area (Å²) in [5.74, 6) is -12.6. The van der Waals surface area contributed by atoms with Gasteiger partial charge in [-0.15, -0.1) is 0 Å². The summed E-state index contributed by atoms with van der Waals surface area (Å²) in [4.78, 5) is 144. The number of amides is 1. The second-order valence-corrected chi connectivity index (χ2v) is 29.9. The summed E-state index contributed by atoms with van der Waals surface area (Å²) in [5.41, 5.74) is -7.56. The van der Waals surface area contributed by atoms with Gasteiger partial charge in [-0.1, -0.05) is 93.6 Å². The van der Waals surface area contributed by atoms with Crippen LogP contribution in [0, 0.1) is 34.0 Å². The van der Waals surface area contributed by atoms with Crippen molar-refractivity contribution in [2.75, 3.05) is 46.1 Å². The maximum Gasteiger partial charge on any atom is 0.350 e. The molecule has 4 aromatic carbocycles. The number of nitrogens with one attached hydrogen (secondary N) is 2. The number of ether oxygens (including phenoxy) is 8. The van der Waals surface area contributed by atoms with Crippen molar-refractivity contribution < 1.29 is 126 Å². The highest BCUT2D eigenvalue weighted by molar-refractivity contribution is 5.97. The summed E-state index contributed by atoms with van der Waals surface area (Å²) >= 11 is 0. The van der Waals surface area contributed by atoms with E-state index in [1.54, 1.807) is 66.7 Å². The van der Waals surface area contributed by atoms with Crippen molar-refractivity contribution in [2.45, 2.75) is 191 Å². The van der Waals surface area contributed by atoms with Crippen LogP contribution < -0.4 is 15.3 Å². The minimum atomic E-state index is -2.67. The number of carbonyl (C=O) groups excluding carboxylic acids is 10. The van der Waals surface area contributed by atoms with Crippen LogP contribution in [-0.2, 0) is 82.7 Å². The highest BCUT2D eigenvalue weighted by Gasteiger charge is 2.79. The van der Waals surface area contributed by atoms with Gasteiger partial charge in [0.05, 0.1) is 68.7 Å². The van der Waals surface area contributed by atoms with Gasteiger partial charge in [0.15, 0.2) is 17.5 Å². The quantitative estimate of drug-likeness (QED) is 0.0268. The van der Waals surface area contributed by atoms with E-state index in [1.165, 1.54) is 64.1 Å². The molecule has 1 heterocycles. The molecule has 17 atom stereocenters. The molecular formula is C79H96N2O25. The fourth-order valence-corrected chi connectivity index (χ4v) is 18.0. The molecule has 0 aromatic heterocycles. The van der Waals surface area contributed by atoms with Gasteiger partial charge in [0, 0.05) is 55.0 Å². The van der Waals surface area contributed by atoms with Gasteiger partial charge < -0.3 is 88.7 Å². The lowest BCUT2D eigenvalue weighted by atomic mass is 9.44. The molecule has 8 N–H and O–H groups in total. The Kier molecular flexibility index (Phi) is 24.8. The lowest BCUT2D eigenvalue weighted by molar-refractivity contribution is -0.901. The molecule has 0 spiro atoms. The van der Waals surface area contributed by atoms with Gasteiger partial charge in [-0.05, 0) is 128 Å². The van der Waals surface area contributed by atoms with E-state index in [4.69, 9.17) is 53.2 Å². The summed E-state index contributed by atoms with van der Waals surface area (Å²) in [7, 11) is 0. The summed E-state index contributed by atoms with van der Waals surface area (Å²) in [5, 5.41) is 76.2. The van der Waals surface area contributed by atoms with Crippen molar-refractivity contribution in [1.82, 2.24) is 5.32 Å². The Balaban J connectivity index is 0.00000112. The zero-order valence-corrected chi connectivity index (χ0v) is 60.6. The third kappa shape index (κ3) is 16.0. The van der Waals surface area contributed by atoms with Gasteiger partial charge in [-0.3, -0.25) is 33.6 Å². The molecule has 27 nitrogen and oxygen atoms in total. The molecule has 4 aromatic rings. The number of aryl methyl sites for hydroxylation is 1. The summed E-state index contributed by atoms with van der Waals surface area (Å²) in [6.07, 6.45) is -13.1. The van der Waals surface area contributed by atoms with Crippen molar-refractivity contribution in [3.8, 4) is 5.75 Å². The standard InChI is InChI=1S/C73H81NO22.C6H15NO3/c1-38-49(92-68(87)62(94-57(83)30-29-54(79)80)60(41-17-11-8-12-18-41)74-66(85)42-19-13-9-14-20-42)36-73(88)65(95-67(86)43-21-15-10-16-22-43)63-71(7,64(84)61(90-39(2)75)59(38)69(73,4)5)52(34-53-72(63,37-89-53)96-40(3)76)93-56(82)32-31-55(81)91-50-35-70(6)48(27-28-51(70)78)47-25-23-44-33-45(77)24-26-46(44)58(47)50;8-4-1-7(2-5-9)3-6-10/h8-22,24,26,33,47-53,58,60-63,65,77-78,88H,23,25,27-32,34-37H2,1-7H3,(H,74,85)(H,79,80);8-10H,1-6H2/t47-,48-,49-,50+,51-,52-,53+,58+,60-,61+,62+,63-,65-,70-,71+,72-,73+;/m0./s1. The summed E-state index contributed by atoms with van der Waals surface area (Å²) in [6.45, 7) is 11.5. The SMILES string of the molecule is CC(=O)O[C@H]1C(=O)[C@]2(C)[C@@H](OC(=O)CCC(=O)O[C@@H]3C[C@]4(C)[C@@H](O)CC[C@H]4[C@@H]4CCc5cc(O)ccc5[C@H]43)C[C@H]3OC[C@@]3(OC(C)=O)[C@H]2[C@H](OC(=O)c2ccccc2)[C@]2(O)C[C@H](OC(=O)[C@H](OC(=O)CCC(=O)[O-])[C@@H](NC(=O)c3ccccc3)c3ccccc3)C(C)=C1C2(C)C.OCC[NH+](CCO)CCO. The number of quaternary nitrogens is 1. The van der Waals surface area contributed by atoms with Crippen LogP contribution in [-0.4, -0.2) is 196 Å². The van der Waals surface area contributed by atoms with Crippen LogP contribution in [0.1, 0.15) is 162 Å². The molecule has 0 radical (unpaired) electrons. The average molecular weight is 1470 g/mol. The number of aliphatic carboxylic acids is 1. The Bertz CT molecular complexity index is 3930. The Hall–Kier alpha value is -8.96. The molecule has 572 valence electrons. The Morgan fingerprint density at radius 2 is 1.31 bits per heavy atom. The Morgan fingerprint density at radius 3 is 1.90 bits per heavy atom. The number of fused-ring (bicyclic) bond motifs is 10. The maximum absolute atomic E-state index is 16.7. The molecule has 11 rings (SSSR count). The van der Waals surface area contributed by atoms with Gasteiger partial charge in [0.1, 0.15) is 67.5 Å². The number of ketones is 1. The van der Waals surface area contributed by atoms with Crippen molar-refractivity contribution >= 4 is 59.4 Å². The predicted octanol–water partition coefficient (Wildman–Crippen LogP) is 3.14. The first-order valence-corrected chi connectivity index (χ1v) is 36.1. The van der Waals surface area contributed by atoms with Crippen LogP contribution in [0.4, 0.5) is 0 Å². The molecule has 5 fully saturated rings. The zero-order valence-electron chi connectivity index (χ0n) is 60.6. The van der Waals surface area contributed by atoms with Crippen LogP contribution in [0.5, 0.6) is 5.75 Å². The van der Waals surface area contributed by atoms with Crippen LogP contribution in [0.25, 0.3) is 0 Å². The van der Waals surface area contributed by atoms with Crippen molar-refractivity contribution in [1.29, 1.82) is 0 Å². The molecule has 7 aliphatic rings. The number of aliphatic hydroxyl groups is 5. The number of carboxylic acids is 1. The van der Waals surface area contributed by atoms with Crippen molar-refractivity contribution in [2.24, 2.45) is 34.0 Å². The van der Waals surface area contributed by atoms with Crippen LogP contribution in [0.15, 0.2) is 120 Å². The maximum atomic E-state index is 16.7. The smallest absolute Gasteiger partial charge is 0.350 e. The number of aliphatic hydroxyl groups excluding tert-OH is 4. The largest absolute Gasteiger partial charge is 0.550 e. The number of hydrogen-bond acceptors (Lipinski definition) is 25. The van der Waals surface area contributed by atoms with Crippen LogP contribution >= 0.6 is 0 Å². The predicted molar refractivity (Wildman–Crippen MR) is 370 cm³/mol. The summed E-state index contributed by atoms with van der Waals surface area (Å²) in [6, 6.07) is 26.8. The van der Waals surface area contributed by atoms with Crippen molar-refractivity contribution in [3.63, 3.8) is 0 Å². The number of phenolic OH excluding ortho intramolecular Hbond substituents is 1. The number of aromatic hydroxyl groups is 1. The van der Waals surface area contributed by atoms with E-state index in [9.17, 15) is 54.0 Å². The van der Waals surface area contributed by atoms with Gasteiger partial charge in [0.25, 0.3) is 5.91 Å². The topological polar surface area (TPSA) is 405 Å². The third-order valence-electron chi connectivity index (χ3n) is 23.3. The number of benzene rings is 4. The summed E-state index contributed by atoms with van der Waals surface area (Å²) < 4.78 is 50.3. The van der Waals surface area contributed by atoms with Gasteiger partial charge >= 0.3 is 41.8 Å². The van der Waals surface area contributed by atoms with Gasteiger partial charge in [0.2, 0.25) is 6.10 Å². The molecule has 4 saturated carbocycles. The normalized spacial score (nSPS) is 29.9. The molecular weight excluding hydrogens is 1380 g/mol. The number of carboxylic acid groups (broad SMARTS) is 1. The molecule has 27 heteroatoms. The van der Waals surface area contributed by atoms with Crippen LogP contribution in [0.2, 0.25) is 0 Å². The average Bonchev–Trinajstić information content (AvgIpc) is 0.797. The Morgan fingerprint density at radius 1 is 0.708 bits per heavy atom. The van der Waals surface area contributed by atoms with Gasteiger partial charge in [-0.2, -0.15) is 0 Å². The monoisotopic (exact) mass is 1470 g/mol. The van der Waals surface area contributed by atoms with E-state index in [0.717, 1.165) is 42.7 Å². The first kappa shape index (κ1) is 79.6. The van der Waals surface area contributed by atoms with Crippen molar-refractivity contribution in [3.05, 3.63) is 148 Å². The van der Waals surface area contributed by atoms with E-state index < -0.39 is 186 Å². The second-order valence-electron chi connectivity index (χ2n) is 29.9. The highest BCUT2D eigenvalue weighted by atomic mass is 16.6. The molecule has 2 bridgehead atoms. The number of esters is 7. The molecule has 106 heavy (non-hydrogen) atoms. The van der Waals surface area contributed by atoms with E-state index in [-0.39, 0.29) is 77.6 Å². The zero-order chi connectivity index (χ0) is 76.8. The fraction of sp³-hybridized carbons (Fsp3) is 0.544. The minimum absolute atomic E-state index is 0.00653. The lowest BCUT2D eigenvalue weighted by Gasteiger charge is -2.67. The molecule has 1 aliphatic heterocycles. The van der Waals surface area contributed by atoms with Gasteiger partial charge in [-0.25, -0.2) is 9.59 Å². The third-order valence-corrected chi connectivity index (χ3v) is 23.3.